The summed E-state index contributed by atoms with van der Waals surface area (Å²) in [5.74, 6) is -0.385. The topological polar surface area (TPSA) is 91.5 Å². The molecular formula is C22H29N3O4. The molecular weight excluding hydrogens is 370 g/mol. The number of likely N-dealkylation sites (tertiary alicyclic amines) is 1. The number of amides is 2. The summed E-state index contributed by atoms with van der Waals surface area (Å²) < 4.78 is 4.93. The molecule has 156 valence electrons. The van der Waals surface area contributed by atoms with Crippen molar-refractivity contribution in [2.24, 2.45) is 11.3 Å². The van der Waals surface area contributed by atoms with Crippen molar-refractivity contribution in [3.8, 4) is 0 Å². The standard InChI is InChI=1S/C22H29N3O4/c1-22(2,21(28)29-3)15-7-6-12-25(14-15)19(26)10-11-23-20(27)17-13-24-18-9-5-4-8-16(17)18/h4-5,8-9,13,15,24H,6-7,10-12,14H2,1-3H3,(H,23,27)/t15-/m1/s1. The summed E-state index contributed by atoms with van der Waals surface area (Å²) in [5, 5.41) is 3.70. The number of esters is 1. The van der Waals surface area contributed by atoms with Crippen LogP contribution in [-0.2, 0) is 14.3 Å². The highest BCUT2D eigenvalue weighted by Gasteiger charge is 2.40. The maximum absolute atomic E-state index is 12.6. The van der Waals surface area contributed by atoms with E-state index in [9.17, 15) is 14.4 Å². The third kappa shape index (κ3) is 4.44. The molecule has 7 nitrogen and oxygen atoms in total. The smallest absolute Gasteiger partial charge is 0.311 e. The summed E-state index contributed by atoms with van der Waals surface area (Å²) in [4.78, 5) is 42.1. The van der Waals surface area contributed by atoms with Gasteiger partial charge in [0.2, 0.25) is 5.91 Å². The van der Waals surface area contributed by atoms with Crippen LogP contribution >= 0.6 is 0 Å². The zero-order valence-electron chi connectivity index (χ0n) is 17.3. The SMILES string of the molecule is COC(=O)C(C)(C)[C@@H]1CCCN(C(=O)CCNC(=O)c2c[nH]c3ccccc23)C1. The Hall–Kier alpha value is -2.83. The molecule has 0 radical (unpaired) electrons. The molecule has 1 fully saturated rings. The molecule has 1 aliphatic heterocycles. The molecule has 0 bridgehead atoms. The van der Waals surface area contributed by atoms with Crippen LogP contribution in [0.15, 0.2) is 30.5 Å². The Balaban J connectivity index is 1.52. The van der Waals surface area contributed by atoms with Gasteiger partial charge < -0.3 is 19.9 Å². The van der Waals surface area contributed by atoms with E-state index in [1.165, 1.54) is 7.11 Å². The van der Waals surface area contributed by atoms with Gasteiger partial charge in [-0.1, -0.05) is 18.2 Å². The number of para-hydroxylation sites is 1. The van der Waals surface area contributed by atoms with Crippen molar-refractivity contribution in [3.05, 3.63) is 36.0 Å². The number of rotatable bonds is 6. The van der Waals surface area contributed by atoms with Crippen LogP contribution < -0.4 is 5.32 Å². The van der Waals surface area contributed by atoms with Crippen molar-refractivity contribution >= 4 is 28.7 Å². The van der Waals surface area contributed by atoms with Gasteiger partial charge in [-0.3, -0.25) is 14.4 Å². The number of aromatic nitrogens is 1. The highest BCUT2D eigenvalue weighted by molar-refractivity contribution is 6.06. The lowest BCUT2D eigenvalue weighted by Crippen LogP contribution is -2.47. The quantitative estimate of drug-likeness (QED) is 0.731. The number of nitrogens with zero attached hydrogens (tertiary/aromatic N) is 1. The van der Waals surface area contributed by atoms with Crippen molar-refractivity contribution < 1.29 is 19.1 Å². The molecule has 0 spiro atoms. The molecule has 2 aromatic rings. The maximum atomic E-state index is 12.6. The number of benzene rings is 1. The van der Waals surface area contributed by atoms with Gasteiger partial charge in [0.05, 0.1) is 18.1 Å². The van der Waals surface area contributed by atoms with Crippen molar-refractivity contribution in [1.29, 1.82) is 0 Å². The second-order valence-corrected chi connectivity index (χ2v) is 8.15. The molecule has 0 aliphatic carbocycles. The molecule has 7 heteroatoms. The number of fused-ring (bicyclic) bond motifs is 1. The molecule has 1 aromatic heterocycles. The Kier molecular flexibility index (Phi) is 6.25. The highest BCUT2D eigenvalue weighted by Crippen LogP contribution is 2.35. The fourth-order valence-electron chi connectivity index (χ4n) is 4.02. The van der Waals surface area contributed by atoms with Gasteiger partial charge in [0, 0.05) is 43.2 Å². The third-order valence-electron chi connectivity index (χ3n) is 5.96. The minimum absolute atomic E-state index is 0.00501. The summed E-state index contributed by atoms with van der Waals surface area (Å²) in [6.45, 7) is 5.25. The number of hydrogen-bond acceptors (Lipinski definition) is 4. The van der Waals surface area contributed by atoms with Crippen molar-refractivity contribution in [1.82, 2.24) is 15.2 Å². The monoisotopic (exact) mass is 399 g/mol. The first-order chi connectivity index (χ1) is 13.8. The van der Waals surface area contributed by atoms with Gasteiger partial charge in [-0.25, -0.2) is 0 Å². The number of ether oxygens (including phenoxy) is 1. The summed E-state index contributed by atoms with van der Waals surface area (Å²) in [6.07, 6.45) is 3.67. The van der Waals surface area contributed by atoms with Crippen molar-refractivity contribution in [2.75, 3.05) is 26.7 Å². The van der Waals surface area contributed by atoms with Gasteiger partial charge >= 0.3 is 5.97 Å². The maximum Gasteiger partial charge on any atom is 0.311 e. The highest BCUT2D eigenvalue weighted by atomic mass is 16.5. The van der Waals surface area contributed by atoms with Gasteiger partial charge in [-0.05, 0) is 38.7 Å². The van der Waals surface area contributed by atoms with E-state index in [0.29, 0.717) is 18.7 Å². The van der Waals surface area contributed by atoms with Crippen LogP contribution in [0.25, 0.3) is 10.9 Å². The molecule has 1 atom stereocenters. The Morgan fingerprint density at radius 3 is 2.79 bits per heavy atom. The van der Waals surface area contributed by atoms with E-state index in [0.717, 1.165) is 23.7 Å². The number of H-pyrrole nitrogens is 1. The molecule has 1 aromatic carbocycles. The summed E-state index contributed by atoms with van der Waals surface area (Å²) in [7, 11) is 1.40. The number of carbonyl (C=O) groups is 3. The Bertz CT molecular complexity index is 902. The van der Waals surface area contributed by atoms with E-state index >= 15 is 0 Å². The van der Waals surface area contributed by atoms with Crippen LogP contribution in [0.2, 0.25) is 0 Å². The average Bonchev–Trinajstić information content (AvgIpc) is 3.17. The number of methoxy groups -OCH3 is 1. The molecule has 0 saturated carbocycles. The van der Waals surface area contributed by atoms with E-state index in [2.05, 4.69) is 10.3 Å². The van der Waals surface area contributed by atoms with Crippen LogP contribution in [0.4, 0.5) is 0 Å². The fourth-order valence-corrected chi connectivity index (χ4v) is 4.02. The van der Waals surface area contributed by atoms with Gasteiger partial charge in [-0.15, -0.1) is 0 Å². The van der Waals surface area contributed by atoms with E-state index in [-0.39, 0.29) is 36.7 Å². The molecule has 2 heterocycles. The number of piperidine rings is 1. The molecule has 2 amide bonds. The van der Waals surface area contributed by atoms with Gasteiger partial charge in [0.1, 0.15) is 0 Å². The minimum atomic E-state index is -0.628. The Labute approximate surface area is 170 Å². The molecule has 2 N–H and O–H groups in total. The van der Waals surface area contributed by atoms with Crippen LogP contribution in [-0.4, -0.2) is 54.4 Å². The van der Waals surface area contributed by atoms with Crippen molar-refractivity contribution in [2.45, 2.75) is 33.1 Å². The predicted molar refractivity (Wildman–Crippen MR) is 110 cm³/mol. The minimum Gasteiger partial charge on any atom is -0.469 e. The molecule has 0 unspecified atom stereocenters. The van der Waals surface area contributed by atoms with Gasteiger partial charge in [0.15, 0.2) is 0 Å². The Morgan fingerprint density at radius 1 is 1.28 bits per heavy atom. The lowest BCUT2D eigenvalue weighted by atomic mass is 9.74. The Morgan fingerprint density at radius 2 is 2.03 bits per heavy atom. The molecule has 29 heavy (non-hydrogen) atoms. The van der Waals surface area contributed by atoms with E-state index < -0.39 is 5.41 Å². The second-order valence-electron chi connectivity index (χ2n) is 8.15. The lowest BCUT2D eigenvalue weighted by Gasteiger charge is -2.39. The number of hydrogen-bond donors (Lipinski definition) is 2. The zero-order chi connectivity index (χ0) is 21.0. The molecule has 1 aliphatic rings. The molecule has 3 rings (SSSR count). The van der Waals surface area contributed by atoms with E-state index in [4.69, 9.17) is 4.74 Å². The number of nitrogens with one attached hydrogen (secondary N) is 2. The van der Waals surface area contributed by atoms with Crippen molar-refractivity contribution in [3.63, 3.8) is 0 Å². The summed E-state index contributed by atoms with van der Waals surface area (Å²) in [5.41, 5.74) is 0.851. The second kappa shape index (κ2) is 8.68. The predicted octanol–water partition coefficient (Wildman–Crippen LogP) is 2.73. The van der Waals surface area contributed by atoms with Crippen LogP contribution in [0.3, 0.4) is 0 Å². The van der Waals surface area contributed by atoms with E-state index in [1.807, 2.05) is 38.1 Å². The largest absolute Gasteiger partial charge is 0.469 e. The number of carbonyl (C=O) groups excluding carboxylic acids is 3. The van der Waals surface area contributed by atoms with Gasteiger partial charge in [-0.2, -0.15) is 0 Å². The first kappa shape index (κ1) is 20.9. The summed E-state index contributed by atoms with van der Waals surface area (Å²) >= 11 is 0. The van der Waals surface area contributed by atoms with Crippen LogP contribution in [0.1, 0.15) is 43.5 Å². The number of aromatic amines is 1. The van der Waals surface area contributed by atoms with E-state index in [1.54, 1.807) is 11.1 Å². The molecule has 1 saturated heterocycles. The first-order valence-electron chi connectivity index (χ1n) is 10.0. The van der Waals surface area contributed by atoms with Crippen LogP contribution in [0.5, 0.6) is 0 Å². The van der Waals surface area contributed by atoms with Gasteiger partial charge in [0.25, 0.3) is 5.91 Å². The first-order valence-corrected chi connectivity index (χ1v) is 10.0. The summed E-state index contributed by atoms with van der Waals surface area (Å²) in [6, 6.07) is 7.60. The zero-order valence-corrected chi connectivity index (χ0v) is 17.3. The normalized spacial score (nSPS) is 17.2. The van der Waals surface area contributed by atoms with Crippen LogP contribution in [0, 0.1) is 11.3 Å². The lowest BCUT2D eigenvalue weighted by molar-refractivity contribution is -0.156. The fraction of sp³-hybridized carbons (Fsp3) is 0.500. The average molecular weight is 399 g/mol. The third-order valence-corrected chi connectivity index (χ3v) is 5.96.